The number of carbonyl (C=O) groups is 3. The standard InChI is InChI=1S/C19H20N2O3/c1-14(22)17-9-6-10-18(11-17)20-19(24)13-21(15(2)23)12-16-7-4-3-5-8-16/h3-11H,12-13H2,1-2H3,(H,20,24). The number of Topliss-reactive ketones (excluding diaryl/α,β-unsaturated/α-hetero) is 1. The number of ketones is 1. The van der Waals surface area contributed by atoms with Crippen molar-refractivity contribution in [1.82, 2.24) is 4.90 Å². The number of hydrogen-bond donors (Lipinski definition) is 1. The first-order chi connectivity index (χ1) is 11.5. The van der Waals surface area contributed by atoms with Gasteiger partial charge in [0.1, 0.15) is 6.54 Å². The topological polar surface area (TPSA) is 66.5 Å². The molecule has 2 rings (SSSR count). The molecule has 0 aliphatic rings. The fraction of sp³-hybridized carbons (Fsp3) is 0.211. The minimum absolute atomic E-state index is 0.0471. The highest BCUT2D eigenvalue weighted by Gasteiger charge is 2.14. The highest BCUT2D eigenvalue weighted by molar-refractivity contribution is 5.98. The first-order valence-corrected chi connectivity index (χ1v) is 7.66. The molecule has 1 N–H and O–H groups in total. The van der Waals surface area contributed by atoms with Gasteiger partial charge in [-0.15, -0.1) is 0 Å². The van der Waals surface area contributed by atoms with Gasteiger partial charge in [0.2, 0.25) is 11.8 Å². The lowest BCUT2D eigenvalue weighted by Crippen LogP contribution is -2.36. The van der Waals surface area contributed by atoms with E-state index in [4.69, 9.17) is 0 Å². The number of anilines is 1. The van der Waals surface area contributed by atoms with Gasteiger partial charge in [-0.2, -0.15) is 0 Å². The monoisotopic (exact) mass is 324 g/mol. The predicted molar refractivity (Wildman–Crippen MR) is 92.6 cm³/mol. The van der Waals surface area contributed by atoms with Crippen molar-refractivity contribution in [2.45, 2.75) is 20.4 Å². The van der Waals surface area contributed by atoms with E-state index in [0.717, 1.165) is 5.56 Å². The fourth-order valence-corrected chi connectivity index (χ4v) is 2.27. The Morgan fingerprint density at radius 1 is 0.958 bits per heavy atom. The molecular weight excluding hydrogens is 304 g/mol. The summed E-state index contributed by atoms with van der Waals surface area (Å²) in [6.07, 6.45) is 0. The average molecular weight is 324 g/mol. The van der Waals surface area contributed by atoms with Crippen molar-refractivity contribution in [3.63, 3.8) is 0 Å². The van der Waals surface area contributed by atoms with Crippen molar-refractivity contribution in [3.05, 3.63) is 65.7 Å². The quantitative estimate of drug-likeness (QED) is 0.831. The summed E-state index contributed by atoms with van der Waals surface area (Å²) in [5.74, 6) is -0.547. The highest BCUT2D eigenvalue weighted by Crippen LogP contribution is 2.12. The fourth-order valence-electron chi connectivity index (χ4n) is 2.27. The summed E-state index contributed by atoms with van der Waals surface area (Å²) in [5, 5.41) is 2.72. The molecule has 0 unspecified atom stereocenters. The molecule has 2 aromatic carbocycles. The zero-order chi connectivity index (χ0) is 17.5. The van der Waals surface area contributed by atoms with Gasteiger partial charge in [-0.25, -0.2) is 0 Å². The Kier molecular flexibility index (Phi) is 5.84. The molecule has 2 amide bonds. The maximum atomic E-state index is 12.2. The number of amides is 2. The number of nitrogens with one attached hydrogen (secondary N) is 1. The smallest absolute Gasteiger partial charge is 0.244 e. The molecule has 124 valence electrons. The van der Waals surface area contributed by atoms with Gasteiger partial charge in [0, 0.05) is 24.7 Å². The van der Waals surface area contributed by atoms with Gasteiger partial charge in [-0.1, -0.05) is 42.5 Å². The molecule has 0 radical (unpaired) electrons. The lowest BCUT2D eigenvalue weighted by atomic mass is 10.1. The van der Waals surface area contributed by atoms with Crippen LogP contribution in [0.3, 0.4) is 0 Å². The van der Waals surface area contributed by atoms with E-state index >= 15 is 0 Å². The number of hydrogen-bond acceptors (Lipinski definition) is 3. The zero-order valence-electron chi connectivity index (χ0n) is 13.8. The summed E-state index contributed by atoms with van der Waals surface area (Å²) in [6, 6.07) is 16.2. The lowest BCUT2D eigenvalue weighted by molar-refractivity contribution is -0.133. The third kappa shape index (κ3) is 5.05. The molecule has 2 aromatic rings. The highest BCUT2D eigenvalue weighted by atomic mass is 16.2. The van der Waals surface area contributed by atoms with Crippen LogP contribution in [0.2, 0.25) is 0 Å². The van der Waals surface area contributed by atoms with E-state index in [9.17, 15) is 14.4 Å². The number of rotatable bonds is 6. The summed E-state index contributed by atoms with van der Waals surface area (Å²) in [5.41, 5.74) is 2.02. The van der Waals surface area contributed by atoms with Crippen molar-refractivity contribution in [2.75, 3.05) is 11.9 Å². The van der Waals surface area contributed by atoms with Crippen LogP contribution < -0.4 is 5.32 Å². The van der Waals surface area contributed by atoms with Gasteiger partial charge in [-0.3, -0.25) is 14.4 Å². The Hall–Kier alpha value is -2.95. The van der Waals surface area contributed by atoms with E-state index in [-0.39, 0.29) is 24.1 Å². The van der Waals surface area contributed by atoms with E-state index in [1.54, 1.807) is 24.3 Å². The molecule has 0 fully saturated rings. The van der Waals surface area contributed by atoms with Crippen LogP contribution in [0.15, 0.2) is 54.6 Å². The third-order valence-corrected chi connectivity index (χ3v) is 3.55. The Balaban J connectivity index is 2.02. The first kappa shape index (κ1) is 17.4. The molecule has 0 atom stereocenters. The summed E-state index contributed by atoms with van der Waals surface area (Å²) >= 11 is 0. The lowest BCUT2D eigenvalue weighted by Gasteiger charge is -2.20. The van der Waals surface area contributed by atoms with Gasteiger partial charge < -0.3 is 10.2 Å². The molecule has 0 aliphatic carbocycles. The molecular formula is C19H20N2O3. The Labute approximate surface area is 141 Å². The Morgan fingerprint density at radius 2 is 1.67 bits per heavy atom. The summed E-state index contributed by atoms with van der Waals surface area (Å²) in [6.45, 7) is 3.23. The second kappa shape index (κ2) is 8.06. The Morgan fingerprint density at radius 3 is 2.29 bits per heavy atom. The molecule has 0 spiro atoms. The van der Waals surface area contributed by atoms with Crippen LogP contribution in [0.4, 0.5) is 5.69 Å². The van der Waals surface area contributed by atoms with Crippen molar-refractivity contribution < 1.29 is 14.4 Å². The van der Waals surface area contributed by atoms with E-state index < -0.39 is 0 Å². The molecule has 5 heteroatoms. The largest absolute Gasteiger partial charge is 0.329 e. The average Bonchev–Trinajstić information content (AvgIpc) is 2.55. The predicted octanol–water partition coefficient (Wildman–Crippen LogP) is 2.88. The van der Waals surface area contributed by atoms with Crippen molar-refractivity contribution in [3.8, 4) is 0 Å². The molecule has 5 nitrogen and oxygen atoms in total. The van der Waals surface area contributed by atoms with Crippen LogP contribution in [0, 0.1) is 0 Å². The molecule has 0 aliphatic heterocycles. The van der Waals surface area contributed by atoms with Gasteiger partial charge in [0.05, 0.1) is 0 Å². The minimum Gasteiger partial charge on any atom is -0.329 e. The number of nitrogens with zero attached hydrogens (tertiary/aromatic N) is 1. The molecule has 0 saturated carbocycles. The van der Waals surface area contributed by atoms with E-state index in [0.29, 0.717) is 17.8 Å². The van der Waals surface area contributed by atoms with E-state index in [2.05, 4.69) is 5.32 Å². The maximum absolute atomic E-state index is 12.2. The number of benzene rings is 2. The minimum atomic E-state index is -0.304. The van der Waals surface area contributed by atoms with Gasteiger partial charge in [0.25, 0.3) is 0 Å². The van der Waals surface area contributed by atoms with Crippen LogP contribution in [0.1, 0.15) is 29.8 Å². The van der Waals surface area contributed by atoms with Gasteiger partial charge >= 0.3 is 0 Å². The second-order valence-corrected chi connectivity index (χ2v) is 5.55. The van der Waals surface area contributed by atoms with Crippen LogP contribution in [-0.2, 0) is 16.1 Å². The molecule has 0 saturated heterocycles. The molecule has 0 heterocycles. The van der Waals surface area contributed by atoms with Crippen LogP contribution in [-0.4, -0.2) is 29.0 Å². The van der Waals surface area contributed by atoms with Crippen LogP contribution in [0.5, 0.6) is 0 Å². The third-order valence-electron chi connectivity index (χ3n) is 3.55. The number of carbonyl (C=O) groups excluding carboxylic acids is 3. The normalized spacial score (nSPS) is 10.1. The summed E-state index contributed by atoms with van der Waals surface area (Å²) < 4.78 is 0. The molecule has 24 heavy (non-hydrogen) atoms. The summed E-state index contributed by atoms with van der Waals surface area (Å²) in [4.78, 5) is 36.8. The zero-order valence-corrected chi connectivity index (χ0v) is 13.8. The first-order valence-electron chi connectivity index (χ1n) is 7.66. The van der Waals surface area contributed by atoms with Crippen molar-refractivity contribution in [1.29, 1.82) is 0 Å². The SMILES string of the molecule is CC(=O)c1cccc(NC(=O)CN(Cc2ccccc2)C(C)=O)c1. The van der Waals surface area contributed by atoms with Gasteiger partial charge in [-0.05, 0) is 24.6 Å². The van der Waals surface area contributed by atoms with E-state index in [1.807, 2.05) is 30.3 Å². The van der Waals surface area contributed by atoms with Gasteiger partial charge in [0.15, 0.2) is 5.78 Å². The van der Waals surface area contributed by atoms with Crippen LogP contribution >= 0.6 is 0 Å². The summed E-state index contributed by atoms with van der Waals surface area (Å²) in [7, 11) is 0. The molecule has 0 aromatic heterocycles. The maximum Gasteiger partial charge on any atom is 0.244 e. The second-order valence-electron chi connectivity index (χ2n) is 5.55. The molecule has 0 bridgehead atoms. The van der Waals surface area contributed by atoms with E-state index in [1.165, 1.54) is 18.7 Å². The van der Waals surface area contributed by atoms with Crippen LogP contribution in [0.25, 0.3) is 0 Å². The van der Waals surface area contributed by atoms with Crippen molar-refractivity contribution in [2.24, 2.45) is 0 Å². The Bertz CT molecular complexity index is 741. The van der Waals surface area contributed by atoms with Crippen molar-refractivity contribution >= 4 is 23.3 Å².